The predicted molar refractivity (Wildman–Crippen MR) is 95.7 cm³/mol. The summed E-state index contributed by atoms with van der Waals surface area (Å²) in [6.07, 6.45) is 4.69. The van der Waals surface area contributed by atoms with Gasteiger partial charge in [0.05, 0.1) is 12.6 Å². The highest BCUT2D eigenvalue weighted by Gasteiger charge is 2.33. The Morgan fingerprint density at radius 2 is 1.88 bits per heavy atom. The topological polar surface area (TPSA) is 36.1 Å². The lowest BCUT2D eigenvalue weighted by atomic mass is 10.1. The highest BCUT2D eigenvalue weighted by Crippen LogP contribution is 2.26. The normalized spacial score (nSPS) is 15.7. The summed E-state index contributed by atoms with van der Waals surface area (Å²) in [6.45, 7) is 9.83. The van der Waals surface area contributed by atoms with Crippen molar-refractivity contribution < 1.29 is 13.2 Å². The molecule has 0 radical (unpaired) electrons. The Morgan fingerprint density at radius 1 is 1.17 bits per heavy atom. The molecule has 0 saturated heterocycles. The Kier molecular flexibility index (Phi) is 12.7. The fourth-order valence-electron chi connectivity index (χ4n) is 2.07. The highest BCUT2D eigenvalue weighted by atomic mass is 19.4. The number of alkyl halides is 3. The van der Waals surface area contributed by atoms with Crippen LogP contribution in [-0.4, -0.2) is 32.0 Å². The van der Waals surface area contributed by atoms with Gasteiger partial charge in [0.2, 0.25) is 0 Å². The molecule has 0 rings (SSSR count). The van der Waals surface area contributed by atoms with Crippen molar-refractivity contribution in [3.05, 3.63) is 23.9 Å². The van der Waals surface area contributed by atoms with Crippen LogP contribution in [0, 0.1) is 5.92 Å². The summed E-state index contributed by atoms with van der Waals surface area (Å²) in [5.41, 5.74) is 0.689. The van der Waals surface area contributed by atoms with Crippen molar-refractivity contribution in [2.75, 3.05) is 19.8 Å². The van der Waals surface area contributed by atoms with Gasteiger partial charge >= 0.3 is 6.18 Å². The highest BCUT2D eigenvalue weighted by molar-refractivity contribution is 5.16. The molecule has 0 aromatic carbocycles. The maximum atomic E-state index is 12.5. The molecule has 0 fully saturated rings. The molecule has 3 N–H and O–H groups in total. The van der Waals surface area contributed by atoms with Crippen molar-refractivity contribution >= 4 is 0 Å². The summed E-state index contributed by atoms with van der Waals surface area (Å²) < 4.78 is 37.5. The van der Waals surface area contributed by atoms with Gasteiger partial charge in [-0.05, 0) is 45.4 Å². The molecular formula is C18H34F3N3. The van der Waals surface area contributed by atoms with E-state index in [1.54, 1.807) is 13.0 Å². The van der Waals surface area contributed by atoms with Crippen LogP contribution < -0.4 is 16.0 Å². The van der Waals surface area contributed by atoms with Crippen LogP contribution >= 0.6 is 0 Å². The van der Waals surface area contributed by atoms with Crippen LogP contribution in [0.15, 0.2) is 23.9 Å². The Bertz CT molecular complexity index is 365. The molecule has 0 bridgehead atoms. The van der Waals surface area contributed by atoms with Gasteiger partial charge in [0.1, 0.15) is 0 Å². The van der Waals surface area contributed by atoms with Gasteiger partial charge in [-0.3, -0.25) is 5.32 Å². The van der Waals surface area contributed by atoms with Gasteiger partial charge in [-0.25, -0.2) is 0 Å². The zero-order valence-electron chi connectivity index (χ0n) is 15.5. The quantitative estimate of drug-likeness (QED) is 0.263. The molecule has 0 aliphatic carbocycles. The van der Waals surface area contributed by atoms with Crippen molar-refractivity contribution in [2.24, 2.45) is 5.92 Å². The summed E-state index contributed by atoms with van der Waals surface area (Å²) in [4.78, 5) is 0. The first kappa shape index (κ1) is 23.0. The maximum absolute atomic E-state index is 12.5. The second-order valence-electron chi connectivity index (χ2n) is 5.99. The third-order valence-electron chi connectivity index (χ3n) is 3.94. The molecule has 2 atom stereocenters. The van der Waals surface area contributed by atoms with Gasteiger partial charge in [-0.15, -0.1) is 0 Å². The first-order valence-electron chi connectivity index (χ1n) is 8.94. The molecule has 0 saturated carbocycles. The number of hydrogen-bond donors (Lipinski definition) is 3. The minimum absolute atomic E-state index is 0.391. The standard InChI is InChI=1S/C18H34F3N3/c1-5-8-12-22-13-11-17(7-3)24-14-23-16(6-2)10-9-15(4)18(19,20)21/h6,9-10,15,17,22-24H,5,7-8,11-14H2,1-4H3/b10-9-,16-6+/t15-,17?/m0/s1. The van der Waals surface area contributed by atoms with E-state index in [9.17, 15) is 13.2 Å². The van der Waals surface area contributed by atoms with Gasteiger partial charge < -0.3 is 10.6 Å². The Labute approximate surface area is 145 Å². The SMILES string of the molecule is C/C=C(\C=C/[C@H](C)C(F)(F)F)NCNC(CC)CCNCCCC. The first-order valence-corrected chi connectivity index (χ1v) is 8.94. The summed E-state index contributed by atoms with van der Waals surface area (Å²) in [7, 11) is 0. The fraction of sp³-hybridized carbons (Fsp3) is 0.778. The number of halogens is 3. The molecule has 0 heterocycles. The number of nitrogens with one attached hydrogen (secondary N) is 3. The first-order chi connectivity index (χ1) is 11.3. The number of allylic oxidation sites excluding steroid dienone is 3. The van der Waals surface area contributed by atoms with Crippen LogP contribution in [0.25, 0.3) is 0 Å². The molecular weight excluding hydrogens is 315 g/mol. The average Bonchev–Trinajstić information content (AvgIpc) is 2.54. The smallest absolute Gasteiger partial charge is 0.373 e. The molecule has 0 aromatic heterocycles. The van der Waals surface area contributed by atoms with E-state index in [4.69, 9.17) is 0 Å². The summed E-state index contributed by atoms with van der Waals surface area (Å²) in [5.74, 6) is -1.44. The molecule has 1 unspecified atom stereocenters. The lowest BCUT2D eigenvalue weighted by Gasteiger charge is -2.18. The third kappa shape index (κ3) is 11.5. The van der Waals surface area contributed by atoms with Gasteiger partial charge in [-0.1, -0.05) is 39.3 Å². The maximum Gasteiger partial charge on any atom is 0.394 e. The van der Waals surface area contributed by atoms with Crippen molar-refractivity contribution in [1.29, 1.82) is 0 Å². The van der Waals surface area contributed by atoms with Crippen LogP contribution in [-0.2, 0) is 0 Å². The molecule has 0 aliphatic heterocycles. The fourth-order valence-corrected chi connectivity index (χ4v) is 2.07. The summed E-state index contributed by atoms with van der Waals surface area (Å²) in [6, 6.07) is 0.391. The van der Waals surface area contributed by atoms with E-state index in [1.165, 1.54) is 25.0 Å². The zero-order valence-corrected chi connectivity index (χ0v) is 15.5. The van der Waals surface area contributed by atoms with Crippen LogP contribution in [0.1, 0.15) is 53.4 Å². The van der Waals surface area contributed by atoms with Gasteiger partial charge in [0.25, 0.3) is 0 Å². The van der Waals surface area contributed by atoms with Crippen LogP contribution in [0.3, 0.4) is 0 Å². The van der Waals surface area contributed by atoms with E-state index in [0.29, 0.717) is 18.4 Å². The van der Waals surface area contributed by atoms with E-state index in [1.807, 2.05) is 0 Å². The van der Waals surface area contributed by atoms with Gasteiger partial charge in [0, 0.05) is 11.7 Å². The molecule has 3 nitrogen and oxygen atoms in total. The Morgan fingerprint density at radius 3 is 2.42 bits per heavy atom. The van der Waals surface area contributed by atoms with Crippen LogP contribution in [0.5, 0.6) is 0 Å². The minimum atomic E-state index is -4.19. The van der Waals surface area contributed by atoms with E-state index < -0.39 is 12.1 Å². The number of unbranched alkanes of at least 4 members (excludes halogenated alkanes) is 1. The third-order valence-corrected chi connectivity index (χ3v) is 3.94. The van der Waals surface area contributed by atoms with E-state index in [0.717, 1.165) is 32.9 Å². The van der Waals surface area contributed by atoms with Gasteiger partial charge in [-0.2, -0.15) is 13.2 Å². The zero-order chi connectivity index (χ0) is 18.4. The largest absolute Gasteiger partial charge is 0.394 e. The Hall–Kier alpha value is -1.01. The summed E-state index contributed by atoms with van der Waals surface area (Å²) >= 11 is 0. The second kappa shape index (κ2) is 13.3. The number of hydrogen-bond acceptors (Lipinski definition) is 3. The minimum Gasteiger partial charge on any atom is -0.373 e. The van der Waals surface area contributed by atoms with Crippen LogP contribution in [0.4, 0.5) is 13.2 Å². The molecule has 6 heteroatoms. The van der Waals surface area contributed by atoms with Crippen molar-refractivity contribution in [2.45, 2.75) is 65.6 Å². The van der Waals surface area contributed by atoms with Crippen molar-refractivity contribution in [3.8, 4) is 0 Å². The average molecular weight is 349 g/mol. The van der Waals surface area contributed by atoms with Crippen molar-refractivity contribution in [3.63, 3.8) is 0 Å². The molecule has 0 aromatic rings. The Balaban J connectivity index is 4.09. The van der Waals surface area contributed by atoms with Gasteiger partial charge in [0.15, 0.2) is 0 Å². The molecule has 0 spiro atoms. The van der Waals surface area contributed by atoms with Crippen LogP contribution in [0.2, 0.25) is 0 Å². The molecule has 0 aliphatic rings. The lowest BCUT2D eigenvalue weighted by Crippen LogP contribution is -2.38. The van der Waals surface area contributed by atoms with E-state index in [-0.39, 0.29) is 0 Å². The summed E-state index contributed by atoms with van der Waals surface area (Å²) in [5, 5.41) is 9.94. The second-order valence-corrected chi connectivity index (χ2v) is 5.99. The molecule has 24 heavy (non-hydrogen) atoms. The molecule has 142 valence electrons. The van der Waals surface area contributed by atoms with Crippen molar-refractivity contribution in [1.82, 2.24) is 16.0 Å². The lowest BCUT2D eigenvalue weighted by molar-refractivity contribution is -0.156. The number of rotatable bonds is 13. The molecule has 0 amide bonds. The monoisotopic (exact) mass is 349 g/mol. The van der Waals surface area contributed by atoms with E-state index in [2.05, 4.69) is 29.8 Å². The van der Waals surface area contributed by atoms with E-state index >= 15 is 0 Å². The predicted octanol–water partition coefficient (Wildman–Crippen LogP) is 4.34.